The van der Waals surface area contributed by atoms with Crippen LogP contribution in [0.15, 0.2) is 48.5 Å². The van der Waals surface area contributed by atoms with Crippen LogP contribution < -0.4 is 16.0 Å². The Morgan fingerprint density at radius 3 is 1.93 bits per heavy atom. The monoisotopic (exact) mass is 389 g/mol. The van der Waals surface area contributed by atoms with E-state index >= 15 is 0 Å². The Hall–Kier alpha value is -2.87. The number of amides is 3. The molecule has 0 radical (unpaired) electrons. The minimum absolute atomic E-state index is 0.0907. The van der Waals surface area contributed by atoms with Crippen LogP contribution in [0, 0.1) is 5.82 Å². The molecule has 3 N–H and O–H groups in total. The van der Waals surface area contributed by atoms with Gasteiger partial charge in [0.1, 0.15) is 5.82 Å². The van der Waals surface area contributed by atoms with Gasteiger partial charge in [-0.15, -0.1) is 11.8 Å². The fourth-order valence-electron chi connectivity index (χ4n) is 2.09. The van der Waals surface area contributed by atoms with Crippen LogP contribution in [0.2, 0.25) is 0 Å². The predicted octanol–water partition coefficient (Wildman–Crippen LogP) is 3.48. The van der Waals surface area contributed by atoms with E-state index in [-0.39, 0.29) is 29.3 Å². The molecule has 0 fully saturated rings. The van der Waals surface area contributed by atoms with Gasteiger partial charge in [-0.2, -0.15) is 0 Å². The molecule has 0 bridgehead atoms. The van der Waals surface area contributed by atoms with Gasteiger partial charge in [0.15, 0.2) is 0 Å². The number of hydrogen-bond acceptors (Lipinski definition) is 4. The summed E-state index contributed by atoms with van der Waals surface area (Å²) in [4.78, 5) is 35.1. The van der Waals surface area contributed by atoms with E-state index in [0.717, 1.165) is 0 Å². The summed E-state index contributed by atoms with van der Waals surface area (Å²) in [7, 11) is 0. The average Bonchev–Trinajstić information content (AvgIpc) is 2.62. The maximum absolute atomic E-state index is 12.8. The molecule has 0 aliphatic rings. The van der Waals surface area contributed by atoms with Gasteiger partial charge >= 0.3 is 0 Å². The lowest BCUT2D eigenvalue weighted by atomic mass is 10.2. The smallest absolute Gasteiger partial charge is 0.237 e. The second kappa shape index (κ2) is 9.72. The minimum Gasteiger partial charge on any atom is -0.326 e. The van der Waals surface area contributed by atoms with E-state index in [0.29, 0.717) is 17.1 Å². The fourth-order valence-corrected chi connectivity index (χ4v) is 2.77. The van der Waals surface area contributed by atoms with E-state index in [1.807, 2.05) is 0 Å². The maximum Gasteiger partial charge on any atom is 0.237 e. The maximum atomic E-state index is 12.8. The molecule has 2 aromatic rings. The summed E-state index contributed by atoms with van der Waals surface area (Å²) in [5.41, 5.74) is 1.73. The van der Waals surface area contributed by atoms with Gasteiger partial charge in [-0.1, -0.05) is 0 Å². The lowest BCUT2D eigenvalue weighted by Gasteiger charge is -2.12. The SMILES string of the molecule is CC(=O)Nc1ccc(NC(=O)[C@H](C)SCC(=O)Nc2ccc(F)cc2)cc1. The third kappa shape index (κ3) is 7.10. The highest BCUT2D eigenvalue weighted by molar-refractivity contribution is 8.01. The number of carbonyl (C=O) groups excluding carboxylic acids is 3. The summed E-state index contributed by atoms with van der Waals surface area (Å²) in [6.07, 6.45) is 0. The van der Waals surface area contributed by atoms with Gasteiger partial charge in [0.2, 0.25) is 17.7 Å². The number of thioether (sulfide) groups is 1. The van der Waals surface area contributed by atoms with Crippen molar-refractivity contribution in [1.82, 2.24) is 0 Å². The van der Waals surface area contributed by atoms with Crippen molar-refractivity contribution in [3.8, 4) is 0 Å². The summed E-state index contributed by atoms with van der Waals surface area (Å²) >= 11 is 1.19. The fraction of sp³-hybridized carbons (Fsp3) is 0.211. The van der Waals surface area contributed by atoms with Crippen molar-refractivity contribution < 1.29 is 18.8 Å². The van der Waals surface area contributed by atoms with Crippen LogP contribution >= 0.6 is 11.8 Å². The molecule has 1 atom stereocenters. The number of benzene rings is 2. The van der Waals surface area contributed by atoms with E-state index in [2.05, 4.69) is 16.0 Å². The number of nitrogens with one attached hydrogen (secondary N) is 3. The highest BCUT2D eigenvalue weighted by atomic mass is 32.2. The van der Waals surface area contributed by atoms with Gasteiger partial charge < -0.3 is 16.0 Å². The van der Waals surface area contributed by atoms with Gasteiger partial charge in [0.25, 0.3) is 0 Å². The molecule has 2 rings (SSSR count). The second-order valence-corrected chi connectivity index (χ2v) is 7.09. The van der Waals surface area contributed by atoms with Crippen LogP contribution in [-0.2, 0) is 14.4 Å². The molecule has 8 heteroatoms. The zero-order valence-corrected chi connectivity index (χ0v) is 15.7. The molecule has 0 aromatic heterocycles. The van der Waals surface area contributed by atoms with Crippen molar-refractivity contribution >= 4 is 46.5 Å². The molecule has 0 saturated heterocycles. The summed E-state index contributed by atoms with van der Waals surface area (Å²) < 4.78 is 12.8. The van der Waals surface area contributed by atoms with E-state index in [4.69, 9.17) is 0 Å². The highest BCUT2D eigenvalue weighted by Gasteiger charge is 2.15. The minimum atomic E-state index is -0.445. The third-order valence-electron chi connectivity index (χ3n) is 3.43. The molecule has 27 heavy (non-hydrogen) atoms. The molecule has 6 nitrogen and oxygen atoms in total. The Balaban J connectivity index is 1.78. The number of carbonyl (C=O) groups is 3. The van der Waals surface area contributed by atoms with E-state index in [9.17, 15) is 18.8 Å². The number of hydrogen-bond donors (Lipinski definition) is 3. The van der Waals surface area contributed by atoms with Crippen molar-refractivity contribution in [2.75, 3.05) is 21.7 Å². The Bertz CT molecular complexity index is 810. The average molecular weight is 389 g/mol. The summed E-state index contributed by atoms with van der Waals surface area (Å²) in [5.74, 6) is -0.964. The lowest BCUT2D eigenvalue weighted by molar-refractivity contribution is -0.115. The lowest BCUT2D eigenvalue weighted by Crippen LogP contribution is -2.25. The zero-order valence-electron chi connectivity index (χ0n) is 14.9. The Labute approximate surface area is 160 Å². The first-order chi connectivity index (χ1) is 12.8. The van der Waals surface area contributed by atoms with Gasteiger partial charge in [0.05, 0.1) is 11.0 Å². The standard InChI is InChI=1S/C19H20FN3O3S/c1-12(27-11-18(25)22-16-5-3-14(20)4-6-16)19(26)23-17-9-7-15(8-10-17)21-13(2)24/h3-10,12H,11H2,1-2H3,(H,21,24)(H,22,25)(H,23,26)/t12-/m0/s1. The first kappa shape index (κ1) is 20.4. The predicted molar refractivity (Wildman–Crippen MR) is 106 cm³/mol. The third-order valence-corrected chi connectivity index (χ3v) is 4.58. The number of anilines is 3. The van der Waals surface area contributed by atoms with Crippen molar-refractivity contribution in [2.24, 2.45) is 0 Å². The number of halogens is 1. The van der Waals surface area contributed by atoms with Crippen molar-refractivity contribution in [1.29, 1.82) is 0 Å². The zero-order chi connectivity index (χ0) is 19.8. The van der Waals surface area contributed by atoms with Gasteiger partial charge in [-0.05, 0) is 55.5 Å². The first-order valence-electron chi connectivity index (χ1n) is 8.19. The molecular weight excluding hydrogens is 369 g/mol. The molecule has 3 amide bonds. The molecule has 0 heterocycles. The van der Waals surface area contributed by atoms with Crippen molar-refractivity contribution in [2.45, 2.75) is 19.1 Å². The largest absolute Gasteiger partial charge is 0.326 e. The first-order valence-corrected chi connectivity index (χ1v) is 9.24. The quantitative estimate of drug-likeness (QED) is 0.677. The van der Waals surface area contributed by atoms with E-state index in [1.54, 1.807) is 31.2 Å². The molecule has 0 saturated carbocycles. The van der Waals surface area contributed by atoms with Crippen LogP contribution in [0.25, 0.3) is 0 Å². The van der Waals surface area contributed by atoms with Crippen molar-refractivity contribution in [3.05, 3.63) is 54.3 Å². The van der Waals surface area contributed by atoms with Crippen LogP contribution in [0.5, 0.6) is 0 Å². The van der Waals surface area contributed by atoms with Gasteiger partial charge in [-0.25, -0.2) is 4.39 Å². The molecule has 0 aliphatic carbocycles. The molecule has 0 unspecified atom stereocenters. The molecule has 0 aliphatic heterocycles. The molecular formula is C19H20FN3O3S. The topological polar surface area (TPSA) is 87.3 Å². The van der Waals surface area contributed by atoms with Crippen LogP contribution in [0.1, 0.15) is 13.8 Å². The molecule has 2 aromatic carbocycles. The summed E-state index contributed by atoms with van der Waals surface area (Å²) in [6, 6.07) is 12.2. The van der Waals surface area contributed by atoms with Gasteiger partial charge in [0, 0.05) is 24.0 Å². The summed E-state index contributed by atoms with van der Waals surface area (Å²) in [5, 5.41) is 7.60. The van der Waals surface area contributed by atoms with Crippen molar-refractivity contribution in [3.63, 3.8) is 0 Å². The second-order valence-electron chi connectivity index (χ2n) is 5.76. The Kier molecular flexibility index (Phi) is 7.36. The van der Waals surface area contributed by atoms with Crippen LogP contribution in [-0.4, -0.2) is 28.7 Å². The molecule has 142 valence electrons. The van der Waals surface area contributed by atoms with E-state index in [1.165, 1.54) is 43.0 Å². The van der Waals surface area contributed by atoms with Gasteiger partial charge in [-0.3, -0.25) is 14.4 Å². The summed E-state index contributed by atoms with van der Waals surface area (Å²) in [6.45, 7) is 3.12. The van der Waals surface area contributed by atoms with Crippen LogP contribution in [0.3, 0.4) is 0 Å². The normalized spacial score (nSPS) is 11.4. The van der Waals surface area contributed by atoms with E-state index < -0.39 is 5.25 Å². The Morgan fingerprint density at radius 1 is 0.889 bits per heavy atom. The molecule has 0 spiro atoms. The van der Waals surface area contributed by atoms with Crippen LogP contribution in [0.4, 0.5) is 21.5 Å². The Morgan fingerprint density at radius 2 is 1.37 bits per heavy atom. The highest BCUT2D eigenvalue weighted by Crippen LogP contribution is 2.17. The number of rotatable bonds is 7.